The Morgan fingerprint density at radius 1 is 1.21 bits per heavy atom. The van der Waals surface area contributed by atoms with E-state index in [-0.39, 0.29) is 17.8 Å². The number of morpholine rings is 1. The third-order valence-corrected chi connectivity index (χ3v) is 5.67. The molecule has 0 spiro atoms. The summed E-state index contributed by atoms with van der Waals surface area (Å²) in [5, 5.41) is 22.0. The largest absolute Gasteiger partial charge is 0.503 e. The van der Waals surface area contributed by atoms with Crippen LogP contribution in [-0.4, -0.2) is 70.9 Å². The SMILES string of the molecule is O=C(/C=C/c1ccco1)C1=C(O)C(=O)N(CCN2CCOCC2)C1c1cccc([N+](=O)[O-])c1. The van der Waals surface area contributed by atoms with Crippen molar-refractivity contribution in [2.75, 3.05) is 39.4 Å². The molecule has 2 aliphatic rings. The third-order valence-electron chi connectivity index (χ3n) is 5.67. The van der Waals surface area contributed by atoms with Gasteiger partial charge in [0.2, 0.25) is 0 Å². The summed E-state index contributed by atoms with van der Waals surface area (Å²) in [7, 11) is 0. The fraction of sp³-hybridized carbons (Fsp3) is 0.304. The standard InChI is InChI=1S/C23H23N3O7/c27-19(7-6-18-5-2-12-33-18)20-21(16-3-1-4-17(15-16)26(30)31)25(23(29)22(20)28)9-8-24-10-13-32-14-11-24/h1-7,12,15,21,28H,8-11,13-14H2/b7-6+. The summed E-state index contributed by atoms with van der Waals surface area (Å²) in [6, 6.07) is 8.13. The van der Waals surface area contributed by atoms with Crippen LogP contribution in [0.25, 0.3) is 6.08 Å². The molecule has 1 atom stereocenters. The molecule has 172 valence electrons. The normalized spacial score (nSPS) is 19.6. The molecule has 2 aliphatic heterocycles. The van der Waals surface area contributed by atoms with Crippen LogP contribution in [0.4, 0.5) is 5.69 Å². The van der Waals surface area contributed by atoms with Crippen LogP contribution in [0, 0.1) is 10.1 Å². The molecule has 10 nitrogen and oxygen atoms in total. The number of allylic oxidation sites excluding steroid dienone is 1. The van der Waals surface area contributed by atoms with Crippen LogP contribution in [0.1, 0.15) is 17.4 Å². The van der Waals surface area contributed by atoms with Gasteiger partial charge in [-0.1, -0.05) is 12.1 Å². The Bertz CT molecular complexity index is 1100. The Morgan fingerprint density at radius 3 is 2.70 bits per heavy atom. The predicted molar refractivity (Wildman–Crippen MR) is 117 cm³/mol. The number of furan rings is 1. The molecular weight excluding hydrogens is 430 g/mol. The van der Waals surface area contributed by atoms with Crippen molar-refractivity contribution < 1.29 is 28.8 Å². The summed E-state index contributed by atoms with van der Waals surface area (Å²) in [5.74, 6) is -1.48. The van der Waals surface area contributed by atoms with E-state index in [1.807, 2.05) is 0 Å². The lowest BCUT2D eigenvalue weighted by atomic mass is 9.95. The summed E-state index contributed by atoms with van der Waals surface area (Å²) in [4.78, 5) is 40.3. The van der Waals surface area contributed by atoms with Crippen molar-refractivity contribution in [2.24, 2.45) is 0 Å². The van der Waals surface area contributed by atoms with Crippen LogP contribution < -0.4 is 0 Å². The Balaban J connectivity index is 1.66. The fourth-order valence-electron chi connectivity index (χ4n) is 4.00. The van der Waals surface area contributed by atoms with Gasteiger partial charge in [-0.3, -0.25) is 24.6 Å². The van der Waals surface area contributed by atoms with Crippen LogP contribution in [0.3, 0.4) is 0 Å². The maximum Gasteiger partial charge on any atom is 0.290 e. The molecule has 0 bridgehead atoms. The van der Waals surface area contributed by atoms with Gasteiger partial charge in [-0.25, -0.2) is 0 Å². The fourth-order valence-corrected chi connectivity index (χ4v) is 4.00. The molecule has 1 aromatic heterocycles. The Morgan fingerprint density at radius 2 is 2.00 bits per heavy atom. The van der Waals surface area contributed by atoms with Crippen molar-refractivity contribution in [2.45, 2.75) is 6.04 Å². The van der Waals surface area contributed by atoms with Crippen LogP contribution in [0.2, 0.25) is 0 Å². The van der Waals surface area contributed by atoms with Gasteiger partial charge >= 0.3 is 0 Å². The number of aliphatic hydroxyl groups is 1. The minimum atomic E-state index is -0.952. The first-order valence-corrected chi connectivity index (χ1v) is 10.5. The number of non-ortho nitro benzene ring substituents is 1. The molecule has 33 heavy (non-hydrogen) atoms. The van der Waals surface area contributed by atoms with Gasteiger partial charge < -0.3 is 19.2 Å². The zero-order chi connectivity index (χ0) is 23.4. The lowest BCUT2D eigenvalue weighted by Crippen LogP contribution is -2.43. The number of hydrogen-bond acceptors (Lipinski definition) is 8. The maximum absolute atomic E-state index is 13.1. The molecule has 1 fully saturated rings. The van der Waals surface area contributed by atoms with Crippen LogP contribution in [-0.2, 0) is 14.3 Å². The molecule has 2 aromatic rings. The van der Waals surface area contributed by atoms with Crippen molar-refractivity contribution in [1.82, 2.24) is 9.80 Å². The van der Waals surface area contributed by atoms with Crippen LogP contribution >= 0.6 is 0 Å². The van der Waals surface area contributed by atoms with Crippen LogP contribution in [0.5, 0.6) is 0 Å². The zero-order valence-electron chi connectivity index (χ0n) is 17.8. The number of amides is 1. The van der Waals surface area contributed by atoms with Crippen LogP contribution in [0.15, 0.2) is 64.5 Å². The molecular formula is C23H23N3O7. The van der Waals surface area contributed by atoms with Crippen molar-refractivity contribution in [3.05, 3.63) is 81.5 Å². The first kappa shape index (κ1) is 22.4. The van der Waals surface area contributed by atoms with Crippen molar-refractivity contribution in [3.8, 4) is 0 Å². The third kappa shape index (κ3) is 4.86. The molecule has 0 radical (unpaired) electrons. The summed E-state index contributed by atoms with van der Waals surface area (Å²) in [6.07, 6.45) is 4.11. The summed E-state index contributed by atoms with van der Waals surface area (Å²) in [6.45, 7) is 3.34. The highest BCUT2D eigenvalue weighted by Gasteiger charge is 2.43. The predicted octanol–water partition coefficient (Wildman–Crippen LogP) is 2.50. The quantitative estimate of drug-likeness (QED) is 0.367. The highest BCUT2D eigenvalue weighted by Crippen LogP contribution is 2.38. The Labute approximate surface area is 189 Å². The van der Waals surface area contributed by atoms with E-state index in [4.69, 9.17) is 9.15 Å². The lowest BCUT2D eigenvalue weighted by molar-refractivity contribution is -0.384. The number of benzene rings is 1. The average molecular weight is 453 g/mol. The van der Waals surface area contributed by atoms with Gasteiger partial charge in [0, 0.05) is 38.3 Å². The molecule has 10 heteroatoms. The first-order valence-electron chi connectivity index (χ1n) is 10.5. The van der Waals surface area contributed by atoms with Crippen molar-refractivity contribution >= 4 is 23.5 Å². The molecule has 1 saturated heterocycles. The van der Waals surface area contributed by atoms with Gasteiger partial charge in [-0.15, -0.1) is 0 Å². The number of hydrogen-bond donors (Lipinski definition) is 1. The smallest absolute Gasteiger partial charge is 0.290 e. The van der Waals surface area contributed by atoms with Gasteiger partial charge in [0.1, 0.15) is 5.76 Å². The number of nitrogens with zero attached hydrogens (tertiary/aromatic N) is 3. The van der Waals surface area contributed by atoms with Gasteiger partial charge in [0.15, 0.2) is 11.5 Å². The molecule has 1 N–H and O–H groups in total. The highest BCUT2D eigenvalue weighted by atomic mass is 16.6. The van der Waals surface area contributed by atoms with Gasteiger partial charge in [-0.2, -0.15) is 0 Å². The van der Waals surface area contributed by atoms with E-state index in [0.717, 1.165) is 0 Å². The lowest BCUT2D eigenvalue weighted by Gasteiger charge is -2.31. The van der Waals surface area contributed by atoms with Gasteiger partial charge in [0.05, 0.1) is 36.0 Å². The minimum Gasteiger partial charge on any atom is -0.503 e. The van der Waals surface area contributed by atoms with E-state index in [1.165, 1.54) is 41.5 Å². The molecule has 0 saturated carbocycles. The highest BCUT2D eigenvalue weighted by molar-refractivity contribution is 6.14. The number of carbonyl (C=O) groups excluding carboxylic acids is 2. The molecule has 0 aliphatic carbocycles. The van der Waals surface area contributed by atoms with Gasteiger partial charge in [-0.05, 0) is 29.8 Å². The van der Waals surface area contributed by atoms with E-state index in [9.17, 15) is 24.8 Å². The molecule has 1 unspecified atom stereocenters. The average Bonchev–Trinajstić information content (AvgIpc) is 3.44. The molecule has 1 aromatic carbocycles. The Kier molecular flexibility index (Phi) is 6.66. The second kappa shape index (κ2) is 9.80. The number of nitro groups is 1. The van der Waals surface area contributed by atoms with E-state index >= 15 is 0 Å². The molecule has 4 rings (SSSR count). The minimum absolute atomic E-state index is 0.120. The van der Waals surface area contributed by atoms with E-state index in [1.54, 1.807) is 18.2 Å². The van der Waals surface area contributed by atoms with E-state index < -0.39 is 28.4 Å². The zero-order valence-corrected chi connectivity index (χ0v) is 17.8. The van der Waals surface area contributed by atoms with Gasteiger partial charge in [0.25, 0.3) is 11.6 Å². The van der Waals surface area contributed by atoms with E-state index in [0.29, 0.717) is 44.2 Å². The topological polar surface area (TPSA) is 126 Å². The monoisotopic (exact) mass is 453 g/mol. The summed E-state index contributed by atoms with van der Waals surface area (Å²) < 4.78 is 10.5. The first-order chi connectivity index (χ1) is 16.0. The number of rotatable bonds is 8. The van der Waals surface area contributed by atoms with E-state index in [2.05, 4.69) is 4.90 Å². The number of carbonyl (C=O) groups is 2. The number of nitro benzene ring substituents is 1. The second-order valence-corrected chi connectivity index (χ2v) is 7.68. The number of aliphatic hydroxyl groups excluding tert-OH is 1. The second-order valence-electron chi connectivity index (χ2n) is 7.68. The number of ketones is 1. The molecule has 3 heterocycles. The summed E-state index contributed by atoms with van der Waals surface area (Å²) >= 11 is 0. The van der Waals surface area contributed by atoms with Crippen molar-refractivity contribution in [3.63, 3.8) is 0 Å². The number of ether oxygens (including phenoxy) is 1. The maximum atomic E-state index is 13.1. The summed E-state index contributed by atoms with van der Waals surface area (Å²) in [5.41, 5.74) is 0.0843. The Hall–Kier alpha value is -3.76. The molecule has 1 amide bonds. The van der Waals surface area contributed by atoms with Crippen molar-refractivity contribution in [1.29, 1.82) is 0 Å².